The first-order valence-corrected chi connectivity index (χ1v) is 4.91. The monoisotopic (exact) mass is 239 g/mol. The number of aliphatic carboxylic acids is 1. The topological polar surface area (TPSA) is 98.1 Å². The second-order valence-corrected chi connectivity index (χ2v) is 3.57. The summed E-state index contributed by atoms with van der Waals surface area (Å²) < 4.78 is 0. The van der Waals surface area contributed by atoms with Crippen LogP contribution < -0.4 is 0 Å². The van der Waals surface area contributed by atoms with Gasteiger partial charge < -0.3 is 20.2 Å². The van der Waals surface area contributed by atoms with E-state index in [-0.39, 0.29) is 30.0 Å². The van der Waals surface area contributed by atoms with Crippen LogP contribution >= 0.6 is 0 Å². The molecule has 1 aromatic carbocycles. The van der Waals surface area contributed by atoms with Crippen molar-refractivity contribution in [3.8, 4) is 11.5 Å². The van der Waals surface area contributed by atoms with Crippen LogP contribution in [0.25, 0.3) is 0 Å². The van der Waals surface area contributed by atoms with Gasteiger partial charge in [0.15, 0.2) is 0 Å². The molecule has 0 heterocycles. The second kappa shape index (κ2) is 5.20. The van der Waals surface area contributed by atoms with Gasteiger partial charge in [-0.3, -0.25) is 9.59 Å². The number of rotatable bonds is 4. The average molecular weight is 239 g/mol. The Bertz CT molecular complexity index is 443. The maximum Gasteiger partial charge on any atom is 0.305 e. The minimum Gasteiger partial charge on any atom is -0.508 e. The molecule has 0 fully saturated rings. The van der Waals surface area contributed by atoms with Gasteiger partial charge in [-0.15, -0.1) is 0 Å². The van der Waals surface area contributed by atoms with Crippen LogP contribution in [0.15, 0.2) is 18.2 Å². The van der Waals surface area contributed by atoms with E-state index in [2.05, 4.69) is 0 Å². The Morgan fingerprint density at radius 2 is 1.94 bits per heavy atom. The van der Waals surface area contributed by atoms with Crippen LogP contribution in [0.4, 0.5) is 0 Å². The lowest BCUT2D eigenvalue weighted by Crippen LogP contribution is -2.29. The van der Waals surface area contributed by atoms with E-state index in [9.17, 15) is 14.7 Å². The van der Waals surface area contributed by atoms with Crippen LogP contribution in [-0.2, 0) is 4.79 Å². The van der Waals surface area contributed by atoms with E-state index in [4.69, 9.17) is 10.2 Å². The molecule has 1 aromatic rings. The minimum atomic E-state index is -1.00. The standard InChI is InChI=1S/C11H13NO5/c1-12(5-4-10(15)16)11(17)8-3-2-7(13)6-9(8)14/h2-3,6,13-14H,4-5H2,1H3,(H,15,16). The zero-order chi connectivity index (χ0) is 13.0. The highest BCUT2D eigenvalue weighted by Gasteiger charge is 2.16. The summed E-state index contributed by atoms with van der Waals surface area (Å²) in [5, 5.41) is 27.0. The van der Waals surface area contributed by atoms with Crippen LogP contribution in [0.5, 0.6) is 11.5 Å². The van der Waals surface area contributed by atoms with Crippen molar-refractivity contribution in [3.05, 3.63) is 23.8 Å². The average Bonchev–Trinajstić information content (AvgIpc) is 2.25. The third-order valence-corrected chi connectivity index (χ3v) is 2.22. The SMILES string of the molecule is CN(CCC(=O)O)C(=O)c1ccc(O)cc1O. The number of aromatic hydroxyl groups is 2. The van der Waals surface area contributed by atoms with E-state index in [0.29, 0.717) is 0 Å². The van der Waals surface area contributed by atoms with Gasteiger partial charge in [-0.1, -0.05) is 0 Å². The van der Waals surface area contributed by atoms with Crippen LogP contribution in [0.3, 0.4) is 0 Å². The summed E-state index contributed by atoms with van der Waals surface area (Å²) in [6.45, 7) is 0.0501. The van der Waals surface area contributed by atoms with E-state index in [0.717, 1.165) is 6.07 Å². The normalized spacial score (nSPS) is 9.94. The number of phenolic OH excluding ortho intramolecular Hbond substituents is 2. The van der Waals surface area contributed by atoms with Crippen molar-refractivity contribution < 1.29 is 24.9 Å². The van der Waals surface area contributed by atoms with Gasteiger partial charge in [-0.05, 0) is 12.1 Å². The summed E-state index contributed by atoms with van der Waals surface area (Å²) in [5.41, 5.74) is 0.0238. The molecule has 1 amide bonds. The van der Waals surface area contributed by atoms with E-state index < -0.39 is 11.9 Å². The lowest BCUT2D eigenvalue weighted by molar-refractivity contribution is -0.137. The first-order chi connectivity index (χ1) is 7.91. The molecule has 0 aliphatic heterocycles. The van der Waals surface area contributed by atoms with Gasteiger partial charge >= 0.3 is 5.97 Å². The van der Waals surface area contributed by atoms with Crippen molar-refractivity contribution in [1.82, 2.24) is 4.90 Å². The molecular formula is C11H13NO5. The fraction of sp³-hybridized carbons (Fsp3) is 0.273. The molecule has 6 nitrogen and oxygen atoms in total. The number of benzene rings is 1. The van der Waals surface area contributed by atoms with Crippen molar-refractivity contribution >= 4 is 11.9 Å². The first-order valence-electron chi connectivity index (χ1n) is 4.91. The molecule has 0 unspecified atom stereocenters. The predicted molar refractivity (Wildman–Crippen MR) is 59.0 cm³/mol. The molecule has 0 aromatic heterocycles. The number of carbonyl (C=O) groups excluding carboxylic acids is 1. The summed E-state index contributed by atoms with van der Waals surface area (Å²) in [7, 11) is 1.44. The molecule has 0 saturated carbocycles. The van der Waals surface area contributed by atoms with E-state index in [1.165, 1.54) is 24.1 Å². The Morgan fingerprint density at radius 3 is 2.47 bits per heavy atom. The Kier molecular flexibility index (Phi) is 3.92. The number of amides is 1. The van der Waals surface area contributed by atoms with Gasteiger partial charge in [0.2, 0.25) is 0 Å². The molecule has 0 spiro atoms. The van der Waals surface area contributed by atoms with Crippen molar-refractivity contribution in [1.29, 1.82) is 0 Å². The molecule has 0 radical (unpaired) electrons. The molecular weight excluding hydrogens is 226 g/mol. The van der Waals surface area contributed by atoms with Gasteiger partial charge in [0.1, 0.15) is 11.5 Å². The first kappa shape index (κ1) is 12.8. The summed E-state index contributed by atoms with van der Waals surface area (Å²) in [6, 6.07) is 3.61. The van der Waals surface area contributed by atoms with Gasteiger partial charge in [0.05, 0.1) is 12.0 Å². The Morgan fingerprint density at radius 1 is 1.29 bits per heavy atom. The van der Waals surface area contributed by atoms with Gasteiger partial charge in [0.25, 0.3) is 5.91 Å². The molecule has 0 aliphatic carbocycles. The van der Waals surface area contributed by atoms with Gasteiger partial charge in [0, 0.05) is 19.7 Å². The highest BCUT2D eigenvalue weighted by Crippen LogP contribution is 2.23. The molecule has 3 N–H and O–H groups in total. The number of phenols is 2. The number of carboxylic acids is 1. The Labute approximate surface area is 97.7 Å². The van der Waals surface area contributed by atoms with Crippen LogP contribution in [0.2, 0.25) is 0 Å². The van der Waals surface area contributed by atoms with E-state index in [1.54, 1.807) is 0 Å². The maximum atomic E-state index is 11.8. The summed E-state index contributed by atoms with van der Waals surface area (Å²) in [4.78, 5) is 23.3. The van der Waals surface area contributed by atoms with E-state index in [1.807, 2.05) is 0 Å². The minimum absolute atomic E-state index is 0.0238. The van der Waals surface area contributed by atoms with Crippen LogP contribution in [-0.4, -0.2) is 45.7 Å². The molecule has 0 bridgehead atoms. The van der Waals surface area contributed by atoms with E-state index >= 15 is 0 Å². The van der Waals surface area contributed by atoms with Crippen LogP contribution in [0.1, 0.15) is 16.8 Å². The molecule has 0 aliphatic rings. The van der Waals surface area contributed by atoms with Crippen LogP contribution in [0, 0.1) is 0 Å². The Balaban J connectivity index is 2.78. The zero-order valence-corrected chi connectivity index (χ0v) is 9.25. The number of hydrogen-bond acceptors (Lipinski definition) is 4. The van der Waals surface area contributed by atoms with Crippen molar-refractivity contribution in [2.75, 3.05) is 13.6 Å². The number of carbonyl (C=O) groups is 2. The zero-order valence-electron chi connectivity index (χ0n) is 9.25. The molecule has 0 saturated heterocycles. The summed E-state index contributed by atoms with van der Waals surface area (Å²) in [5.74, 6) is -1.98. The molecule has 17 heavy (non-hydrogen) atoms. The largest absolute Gasteiger partial charge is 0.508 e. The third-order valence-electron chi connectivity index (χ3n) is 2.22. The van der Waals surface area contributed by atoms with Gasteiger partial charge in [-0.2, -0.15) is 0 Å². The third kappa shape index (κ3) is 3.37. The fourth-order valence-electron chi connectivity index (χ4n) is 1.27. The lowest BCUT2D eigenvalue weighted by atomic mass is 10.1. The summed E-state index contributed by atoms with van der Waals surface area (Å²) in [6.07, 6.45) is -0.166. The number of nitrogens with zero attached hydrogens (tertiary/aromatic N) is 1. The van der Waals surface area contributed by atoms with Crippen molar-refractivity contribution in [2.24, 2.45) is 0 Å². The lowest BCUT2D eigenvalue weighted by Gasteiger charge is -2.16. The molecule has 92 valence electrons. The quantitative estimate of drug-likeness (QED) is 0.716. The highest BCUT2D eigenvalue weighted by atomic mass is 16.4. The molecule has 0 atom stereocenters. The number of carboxylic acid groups (broad SMARTS) is 1. The van der Waals surface area contributed by atoms with Crippen molar-refractivity contribution in [2.45, 2.75) is 6.42 Å². The van der Waals surface area contributed by atoms with Gasteiger partial charge in [-0.25, -0.2) is 0 Å². The molecule has 1 rings (SSSR count). The maximum absolute atomic E-state index is 11.8. The Hall–Kier alpha value is -2.24. The predicted octanol–water partition coefficient (Wildman–Crippen LogP) is 0.644. The fourth-order valence-corrected chi connectivity index (χ4v) is 1.27. The smallest absolute Gasteiger partial charge is 0.305 e. The second-order valence-electron chi connectivity index (χ2n) is 3.57. The molecule has 6 heteroatoms. The summed E-state index contributed by atoms with van der Waals surface area (Å²) >= 11 is 0. The number of hydrogen-bond donors (Lipinski definition) is 3. The van der Waals surface area contributed by atoms with Crippen molar-refractivity contribution in [3.63, 3.8) is 0 Å². The highest BCUT2D eigenvalue weighted by molar-refractivity contribution is 5.97.